The number of carboxylic acid groups (broad SMARTS) is 3. The van der Waals surface area contributed by atoms with Gasteiger partial charge in [-0.15, -0.1) is 0 Å². The summed E-state index contributed by atoms with van der Waals surface area (Å²) in [6.45, 7) is 10.1. The zero-order valence-corrected chi connectivity index (χ0v) is 26.4. The summed E-state index contributed by atoms with van der Waals surface area (Å²) in [5.41, 5.74) is 0. The first-order valence-corrected chi connectivity index (χ1v) is 13.3. The molecule has 19 heteroatoms. The minimum absolute atomic E-state index is 0. The largest absolute Gasteiger partial charge is 0.478 e. The number of carboxylic acids is 3. The van der Waals surface area contributed by atoms with Crippen LogP contribution in [-0.4, -0.2) is 109 Å². The predicted octanol–water partition coefficient (Wildman–Crippen LogP) is 1.03. The van der Waals surface area contributed by atoms with Crippen LogP contribution >= 0.6 is 0 Å². The minimum atomic E-state index is -1.23. The number of carbonyl (C=O) groups excluding carboxylic acids is 6. The number of esters is 6. The molecule has 0 aromatic rings. The van der Waals surface area contributed by atoms with Gasteiger partial charge >= 0.3 is 53.7 Å². The smallest absolute Gasteiger partial charge is 0.331 e. The van der Waals surface area contributed by atoms with E-state index in [1.807, 2.05) is 0 Å². The SMILES string of the molecule is C=CC(=O)OCCCOC(=O)/C=C\C(=O)O.C=CC(=O)OCCCOC(=O)/C=C\C(=O)O.C=CC(=O)OCCCOC(=O)/C=C\C(=O)O.N. The van der Waals surface area contributed by atoms with E-state index in [1.165, 1.54) is 0 Å². The highest BCUT2D eigenvalue weighted by molar-refractivity contribution is 5.91. The second kappa shape index (κ2) is 34.5. The Labute approximate surface area is 280 Å². The van der Waals surface area contributed by atoms with Crippen LogP contribution in [0.1, 0.15) is 19.3 Å². The van der Waals surface area contributed by atoms with Crippen LogP contribution in [0.3, 0.4) is 0 Å². The molecule has 0 fully saturated rings. The number of carbonyl (C=O) groups is 9. The molecule has 0 bridgehead atoms. The van der Waals surface area contributed by atoms with E-state index >= 15 is 0 Å². The van der Waals surface area contributed by atoms with Crippen molar-refractivity contribution in [2.24, 2.45) is 0 Å². The highest BCUT2D eigenvalue weighted by Gasteiger charge is 2.02. The van der Waals surface area contributed by atoms with E-state index in [0.29, 0.717) is 37.5 Å². The van der Waals surface area contributed by atoms with Gasteiger partial charge in [-0.05, 0) is 0 Å². The third kappa shape index (κ3) is 43.8. The van der Waals surface area contributed by atoms with Gasteiger partial charge in [0.1, 0.15) is 0 Å². The van der Waals surface area contributed by atoms with Crippen LogP contribution in [0.2, 0.25) is 0 Å². The van der Waals surface area contributed by atoms with Crippen LogP contribution in [0.15, 0.2) is 74.4 Å². The van der Waals surface area contributed by atoms with Gasteiger partial charge < -0.3 is 49.9 Å². The standard InChI is InChI=1S/3C10H12O6.H3N/c3*1-2-9(13)15-6-3-7-16-10(14)5-4-8(11)12;/h3*2,4-5H,1,3,6-7H2,(H,11,12);1H3/b3*5-4-;. The van der Waals surface area contributed by atoms with Crippen LogP contribution < -0.4 is 6.15 Å². The molecule has 49 heavy (non-hydrogen) atoms. The summed E-state index contributed by atoms with van der Waals surface area (Å²) in [5, 5.41) is 24.6. The first-order valence-electron chi connectivity index (χ1n) is 13.3. The number of hydrogen-bond acceptors (Lipinski definition) is 16. The first-order chi connectivity index (χ1) is 22.7. The average Bonchev–Trinajstić information content (AvgIpc) is 3.04. The lowest BCUT2D eigenvalue weighted by atomic mass is 10.4. The molecule has 0 saturated carbocycles. The predicted molar refractivity (Wildman–Crippen MR) is 166 cm³/mol. The summed E-state index contributed by atoms with van der Waals surface area (Å²) in [5.74, 6) is -7.57. The van der Waals surface area contributed by atoms with E-state index in [2.05, 4.69) is 48.2 Å². The van der Waals surface area contributed by atoms with Crippen LogP contribution in [0.5, 0.6) is 0 Å². The Bertz CT molecular complexity index is 1070. The topological polar surface area (TPSA) is 305 Å². The first kappa shape index (κ1) is 49.5. The lowest BCUT2D eigenvalue weighted by Crippen LogP contribution is -2.08. The molecular weight excluding hydrogens is 662 g/mol. The summed E-state index contributed by atoms with van der Waals surface area (Å²) in [6, 6.07) is 0. The summed E-state index contributed by atoms with van der Waals surface area (Å²) >= 11 is 0. The van der Waals surface area contributed by atoms with Crippen LogP contribution in [0.25, 0.3) is 0 Å². The third-order valence-corrected chi connectivity index (χ3v) is 3.92. The Kier molecular flexibility index (Phi) is 34.9. The molecule has 0 saturated heterocycles. The Morgan fingerprint density at radius 2 is 0.551 bits per heavy atom. The summed E-state index contributed by atoms with van der Waals surface area (Å²) < 4.78 is 27.6. The van der Waals surface area contributed by atoms with Gasteiger partial charge in [-0.2, -0.15) is 0 Å². The van der Waals surface area contributed by atoms with Crippen molar-refractivity contribution < 1.29 is 86.9 Å². The second-order valence-electron chi connectivity index (χ2n) is 7.69. The molecule has 0 spiro atoms. The highest BCUT2D eigenvalue weighted by Crippen LogP contribution is 1.91. The van der Waals surface area contributed by atoms with Gasteiger partial charge in [0.25, 0.3) is 0 Å². The van der Waals surface area contributed by atoms with Crippen LogP contribution in [-0.2, 0) is 71.6 Å². The van der Waals surface area contributed by atoms with Crippen molar-refractivity contribution in [3.63, 3.8) is 0 Å². The summed E-state index contributed by atoms with van der Waals surface area (Å²) in [7, 11) is 0. The van der Waals surface area contributed by atoms with E-state index in [1.54, 1.807) is 0 Å². The molecule has 0 rings (SSSR count). The maximum Gasteiger partial charge on any atom is 0.331 e. The lowest BCUT2D eigenvalue weighted by Gasteiger charge is -2.02. The van der Waals surface area contributed by atoms with Crippen molar-refractivity contribution >= 4 is 53.7 Å². The molecule has 0 aliphatic heterocycles. The molecule has 0 radical (unpaired) electrons. The van der Waals surface area contributed by atoms with E-state index in [4.69, 9.17) is 15.3 Å². The highest BCUT2D eigenvalue weighted by atomic mass is 16.6. The Hall–Kier alpha value is -6.37. The molecule has 0 aliphatic rings. The fraction of sp³-hybridized carbons (Fsp3) is 0.300. The Morgan fingerprint density at radius 3 is 0.714 bits per heavy atom. The van der Waals surface area contributed by atoms with Crippen LogP contribution in [0.4, 0.5) is 0 Å². The molecule has 0 aromatic heterocycles. The normalized spacial score (nSPS) is 9.55. The molecule has 6 N–H and O–H groups in total. The van der Waals surface area contributed by atoms with Crippen molar-refractivity contribution in [3.8, 4) is 0 Å². The number of aliphatic carboxylic acids is 3. The average molecular weight is 702 g/mol. The molecule has 272 valence electrons. The lowest BCUT2D eigenvalue weighted by molar-refractivity contribution is -0.142. The van der Waals surface area contributed by atoms with Crippen molar-refractivity contribution in [1.29, 1.82) is 0 Å². The van der Waals surface area contributed by atoms with Gasteiger partial charge in [0.05, 0.1) is 39.6 Å². The molecule has 0 aromatic carbocycles. The molecular formula is C30H39NO18. The van der Waals surface area contributed by atoms with Crippen molar-refractivity contribution in [1.82, 2.24) is 6.15 Å². The molecule has 0 atom stereocenters. The van der Waals surface area contributed by atoms with Gasteiger partial charge in [0.2, 0.25) is 0 Å². The quantitative estimate of drug-likeness (QED) is 0.0562. The fourth-order valence-corrected chi connectivity index (χ4v) is 1.95. The number of hydrogen-bond donors (Lipinski definition) is 4. The summed E-state index contributed by atoms with van der Waals surface area (Å²) in [4.78, 5) is 94.2. The summed E-state index contributed by atoms with van der Waals surface area (Å²) in [6.07, 6.45) is 8.56. The molecule has 0 unspecified atom stereocenters. The van der Waals surface area contributed by atoms with Crippen molar-refractivity contribution in [3.05, 3.63) is 74.4 Å². The maximum absolute atomic E-state index is 10.8. The third-order valence-electron chi connectivity index (χ3n) is 3.92. The zero-order valence-electron chi connectivity index (χ0n) is 26.4. The van der Waals surface area contributed by atoms with E-state index < -0.39 is 53.7 Å². The van der Waals surface area contributed by atoms with E-state index in [9.17, 15) is 43.2 Å². The van der Waals surface area contributed by atoms with Crippen molar-refractivity contribution in [2.75, 3.05) is 39.6 Å². The Morgan fingerprint density at radius 1 is 0.367 bits per heavy atom. The molecule has 0 amide bonds. The van der Waals surface area contributed by atoms with Gasteiger partial charge in [-0.1, -0.05) is 19.7 Å². The second-order valence-corrected chi connectivity index (χ2v) is 7.69. The fourth-order valence-electron chi connectivity index (χ4n) is 1.95. The monoisotopic (exact) mass is 701 g/mol. The zero-order chi connectivity index (χ0) is 37.2. The van der Waals surface area contributed by atoms with Gasteiger partial charge in [-0.3, -0.25) is 0 Å². The number of ether oxygens (including phenoxy) is 6. The van der Waals surface area contributed by atoms with Gasteiger partial charge in [0.15, 0.2) is 0 Å². The minimum Gasteiger partial charge on any atom is -0.478 e. The van der Waals surface area contributed by atoms with E-state index in [-0.39, 0.29) is 45.8 Å². The van der Waals surface area contributed by atoms with Crippen molar-refractivity contribution in [2.45, 2.75) is 19.3 Å². The molecule has 19 nitrogen and oxygen atoms in total. The van der Waals surface area contributed by atoms with Gasteiger partial charge in [-0.25, -0.2) is 43.2 Å². The molecule has 0 heterocycles. The van der Waals surface area contributed by atoms with E-state index in [0.717, 1.165) is 36.5 Å². The number of rotatable bonds is 21. The van der Waals surface area contributed by atoms with Crippen LogP contribution in [0, 0.1) is 0 Å². The maximum atomic E-state index is 10.8. The van der Waals surface area contributed by atoms with Gasteiger partial charge in [0, 0.05) is 73.9 Å². The Balaban J connectivity index is -0.000000307. The molecule has 0 aliphatic carbocycles.